The van der Waals surface area contributed by atoms with Crippen LogP contribution in [0.3, 0.4) is 0 Å². The summed E-state index contributed by atoms with van der Waals surface area (Å²) in [5, 5.41) is 12.6. The maximum atomic E-state index is 12.9. The first kappa shape index (κ1) is 8.92. The van der Waals surface area contributed by atoms with Crippen LogP contribution >= 0.6 is 20.4 Å². The number of carboxylic acids is 1. The third-order valence-corrected chi connectivity index (χ3v) is 5.23. The van der Waals surface area contributed by atoms with Crippen LogP contribution in [0.25, 0.3) is 0 Å². The predicted molar refractivity (Wildman–Crippen MR) is 52.9 cm³/mol. The Hall–Kier alpha value is -0.660. The molecule has 13 heavy (non-hydrogen) atoms. The third kappa shape index (κ3) is 1.43. The van der Waals surface area contributed by atoms with E-state index in [4.69, 9.17) is 5.11 Å². The van der Waals surface area contributed by atoms with Crippen molar-refractivity contribution in [2.75, 3.05) is 4.43 Å². The summed E-state index contributed by atoms with van der Waals surface area (Å²) in [6.07, 6.45) is 1.29. The summed E-state index contributed by atoms with van der Waals surface area (Å²) in [6, 6.07) is 0. The summed E-state index contributed by atoms with van der Waals surface area (Å²) in [5.74, 6) is -1.01. The Morgan fingerprint density at radius 3 is 3.00 bits per heavy atom. The molecule has 1 N–H and O–H groups in total. The van der Waals surface area contributed by atoms with Gasteiger partial charge >= 0.3 is 81.8 Å². The van der Waals surface area contributed by atoms with Gasteiger partial charge in [0.2, 0.25) is 0 Å². The van der Waals surface area contributed by atoms with Crippen molar-refractivity contribution < 1.29 is 12.8 Å². The van der Waals surface area contributed by atoms with Crippen LogP contribution in [-0.4, -0.2) is 25.3 Å². The number of halogens is 2. The average molecular weight is 298 g/mol. The van der Waals surface area contributed by atoms with Gasteiger partial charge in [0, 0.05) is 0 Å². The van der Waals surface area contributed by atoms with Gasteiger partial charge in [0.25, 0.3) is 0 Å². The molecule has 0 aromatic carbocycles. The van der Waals surface area contributed by atoms with Gasteiger partial charge < -0.3 is 0 Å². The number of alkyl halides is 2. The van der Waals surface area contributed by atoms with Crippen LogP contribution in [0.4, 0.5) is 2.86 Å². The normalized spacial score (nSPS) is 23.2. The van der Waals surface area contributed by atoms with Gasteiger partial charge in [-0.25, -0.2) is 0 Å². The molecule has 0 radical (unpaired) electrons. The SMILES string of the molecule is Cn1ncc(C(=O)O)c1C1CI1F. The van der Waals surface area contributed by atoms with E-state index in [9.17, 15) is 7.65 Å². The summed E-state index contributed by atoms with van der Waals surface area (Å²) in [6.45, 7) is 0. The Morgan fingerprint density at radius 2 is 2.54 bits per heavy atom. The molecule has 0 spiro atoms. The molecule has 1 unspecified atom stereocenters. The molecule has 4 nitrogen and oxygen atoms in total. The van der Waals surface area contributed by atoms with E-state index in [1.807, 2.05) is 0 Å². The standard InChI is InChI=1S/C7H8FIN2O2/c1-11-6(5-2-9(5)8)4(3-10-11)7(12)13/h3,5H,2H2,1H3,(H,12,13). The topological polar surface area (TPSA) is 55.1 Å². The molecule has 1 aliphatic heterocycles. The number of hydrogen-bond donors (Lipinski definition) is 1. The van der Waals surface area contributed by atoms with E-state index in [2.05, 4.69) is 5.10 Å². The van der Waals surface area contributed by atoms with E-state index >= 15 is 0 Å². The minimum atomic E-state index is -2.27. The molecule has 0 aliphatic carbocycles. The van der Waals surface area contributed by atoms with Crippen LogP contribution in [0, 0.1) is 0 Å². The molecule has 6 heteroatoms. The second-order valence-corrected chi connectivity index (χ2v) is 7.14. The van der Waals surface area contributed by atoms with Crippen LogP contribution in [0.15, 0.2) is 6.20 Å². The first-order valence-corrected chi connectivity index (χ1v) is 7.26. The molecule has 0 amide bonds. The molecule has 0 bridgehead atoms. The molecular weight excluding hydrogens is 290 g/mol. The van der Waals surface area contributed by atoms with Crippen LogP contribution < -0.4 is 0 Å². The van der Waals surface area contributed by atoms with Gasteiger partial charge in [-0.3, -0.25) is 0 Å². The second-order valence-electron chi connectivity index (χ2n) is 2.83. The van der Waals surface area contributed by atoms with Crippen molar-refractivity contribution in [3.05, 3.63) is 17.5 Å². The first-order valence-electron chi connectivity index (χ1n) is 3.67. The van der Waals surface area contributed by atoms with Gasteiger partial charge in [0.15, 0.2) is 0 Å². The van der Waals surface area contributed by atoms with Gasteiger partial charge in [-0.1, -0.05) is 0 Å². The molecule has 2 heterocycles. The Morgan fingerprint density at radius 1 is 1.92 bits per heavy atom. The number of carboxylic acid groups (broad SMARTS) is 1. The molecule has 1 aromatic rings. The summed E-state index contributed by atoms with van der Waals surface area (Å²) in [4.78, 5) is 10.7. The molecule has 2 rings (SSSR count). The fourth-order valence-electron chi connectivity index (χ4n) is 1.26. The van der Waals surface area contributed by atoms with Crippen LogP contribution in [-0.2, 0) is 7.05 Å². The molecule has 0 saturated carbocycles. The number of aromatic carboxylic acids is 1. The van der Waals surface area contributed by atoms with E-state index in [-0.39, 0.29) is 9.49 Å². The van der Waals surface area contributed by atoms with Gasteiger partial charge in [-0.2, -0.15) is 0 Å². The fourth-order valence-corrected chi connectivity index (χ4v) is 4.45. The van der Waals surface area contributed by atoms with Crippen molar-refractivity contribution >= 4 is 26.4 Å². The van der Waals surface area contributed by atoms with Crippen molar-refractivity contribution in [2.45, 2.75) is 3.92 Å². The van der Waals surface area contributed by atoms with Gasteiger partial charge in [-0.05, 0) is 0 Å². The summed E-state index contributed by atoms with van der Waals surface area (Å²) >= 11 is -2.27. The first-order chi connectivity index (χ1) is 6.11. The van der Waals surface area contributed by atoms with Crippen LogP contribution in [0.5, 0.6) is 0 Å². The van der Waals surface area contributed by atoms with Crippen molar-refractivity contribution in [1.82, 2.24) is 9.78 Å². The number of rotatable bonds is 2. The van der Waals surface area contributed by atoms with Crippen molar-refractivity contribution in [3.8, 4) is 0 Å². The van der Waals surface area contributed by atoms with E-state index in [0.29, 0.717) is 10.1 Å². The van der Waals surface area contributed by atoms with Crippen LogP contribution in [0.2, 0.25) is 0 Å². The number of aromatic nitrogens is 2. The quantitative estimate of drug-likeness (QED) is 0.666. The van der Waals surface area contributed by atoms with E-state index < -0.39 is 26.4 Å². The number of aryl methyl sites for hydroxylation is 1. The van der Waals surface area contributed by atoms with E-state index in [1.165, 1.54) is 10.9 Å². The molecule has 1 saturated heterocycles. The van der Waals surface area contributed by atoms with Crippen molar-refractivity contribution in [2.24, 2.45) is 7.05 Å². The van der Waals surface area contributed by atoms with E-state index in [0.717, 1.165) is 0 Å². The van der Waals surface area contributed by atoms with E-state index in [1.54, 1.807) is 7.05 Å². The van der Waals surface area contributed by atoms with Gasteiger partial charge in [0.05, 0.1) is 0 Å². The maximum absolute atomic E-state index is 12.9. The van der Waals surface area contributed by atoms with Gasteiger partial charge in [0.1, 0.15) is 0 Å². The summed E-state index contributed by atoms with van der Waals surface area (Å²) in [5.41, 5.74) is 0.727. The Balaban J connectivity index is 2.41. The van der Waals surface area contributed by atoms with Crippen LogP contribution in [0.1, 0.15) is 20.0 Å². The monoisotopic (exact) mass is 298 g/mol. The van der Waals surface area contributed by atoms with Crippen molar-refractivity contribution in [3.63, 3.8) is 0 Å². The number of nitrogens with zero attached hydrogens (tertiary/aromatic N) is 2. The zero-order valence-electron chi connectivity index (χ0n) is 6.87. The Labute approximate surface area is 81.9 Å². The molecule has 1 aromatic heterocycles. The Kier molecular flexibility index (Phi) is 2.01. The summed E-state index contributed by atoms with van der Waals surface area (Å²) < 4.78 is 14.8. The van der Waals surface area contributed by atoms with Crippen molar-refractivity contribution in [1.29, 1.82) is 0 Å². The number of carbonyl (C=O) groups is 1. The third-order valence-electron chi connectivity index (χ3n) is 1.98. The summed E-state index contributed by atoms with van der Waals surface area (Å²) in [7, 11) is 1.66. The Bertz CT molecular complexity index is 365. The average Bonchev–Trinajstić information content (AvgIpc) is 2.60. The minimum absolute atomic E-state index is 0.109. The molecular formula is C7H8FIN2O2. The predicted octanol–water partition coefficient (Wildman–Crippen LogP) is 1.56. The molecule has 1 aliphatic rings. The zero-order valence-corrected chi connectivity index (χ0v) is 9.03. The molecule has 1 fully saturated rings. The molecule has 1 atom stereocenters. The van der Waals surface area contributed by atoms with Gasteiger partial charge in [-0.15, -0.1) is 0 Å². The number of hydrogen-bond acceptors (Lipinski definition) is 2. The second kappa shape index (κ2) is 2.93. The fraction of sp³-hybridized carbons (Fsp3) is 0.429. The molecule has 72 valence electrons. The zero-order chi connectivity index (χ0) is 9.59.